The monoisotopic (exact) mass is 349 g/mol. The molecule has 0 amide bonds. The van der Waals surface area contributed by atoms with Crippen LogP contribution in [0.25, 0.3) is 0 Å². The van der Waals surface area contributed by atoms with Gasteiger partial charge in [0.2, 0.25) is 0 Å². The van der Waals surface area contributed by atoms with Gasteiger partial charge in [-0.15, -0.1) is 0 Å². The molecule has 2 aliphatic rings. The molecule has 0 radical (unpaired) electrons. The Morgan fingerprint density at radius 3 is 2.08 bits per heavy atom. The second-order valence-electron chi connectivity index (χ2n) is 8.70. The fourth-order valence-electron chi connectivity index (χ4n) is 4.67. The van der Waals surface area contributed by atoms with Gasteiger partial charge in [0.25, 0.3) is 0 Å². The molecule has 4 heteroatoms. The summed E-state index contributed by atoms with van der Waals surface area (Å²) < 4.78 is 7.02. The Kier molecular flexibility index (Phi) is 4.39. The molecule has 130 valence electrons. The topological polar surface area (TPSA) is 12.5 Å². The summed E-state index contributed by atoms with van der Waals surface area (Å²) >= 11 is 0. The van der Waals surface area contributed by atoms with Gasteiger partial charge < -0.3 is 9.47 Å². The van der Waals surface area contributed by atoms with Crippen LogP contribution < -0.4 is 0 Å². The first-order valence-corrected chi connectivity index (χ1v) is 13.3. The van der Waals surface area contributed by atoms with Crippen molar-refractivity contribution in [3.63, 3.8) is 0 Å². The van der Waals surface area contributed by atoms with Crippen molar-refractivity contribution in [2.45, 2.75) is 50.1 Å². The lowest BCUT2D eigenvalue weighted by atomic mass is 9.79. The number of nitrogens with zero attached hydrogens (tertiary/aromatic N) is 1. The lowest BCUT2D eigenvalue weighted by Crippen LogP contribution is -2.42. The number of fused-ring (bicyclic) bond motifs is 1. The van der Waals surface area contributed by atoms with Crippen LogP contribution in [-0.4, -0.2) is 32.5 Å². The highest BCUT2D eigenvalue weighted by atomic mass is 28.3. The highest BCUT2D eigenvalue weighted by Crippen LogP contribution is 2.49. The van der Waals surface area contributed by atoms with Crippen molar-refractivity contribution in [2.75, 3.05) is 6.54 Å². The van der Waals surface area contributed by atoms with Crippen molar-refractivity contribution in [1.82, 2.24) is 4.81 Å². The van der Waals surface area contributed by atoms with Gasteiger partial charge in [0.1, 0.15) is 5.60 Å². The Balaban J connectivity index is 1.84. The maximum atomic E-state index is 7.02. The molecule has 0 bridgehead atoms. The number of hydrogen-bond acceptors (Lipinski definition) is 2. The van der Waals surface area contributed by atoms with Gasteiger partial charge in [0.05, 0.1) is 0 Å². The molecular formula is C21H28BNOSi. The smallest absolute Gasteiger partial charge is 0.380 e. The molecule has 0 N–H and O–H groups in total. The predicted molar refractivity (Wildman–Crippen MR) is 108 cm³/mol. The maximum Gasteiger partial charge on any atom is 0.380 e. The largest absolute Gasteiger partial charge is 0.406 e. The van der Waals surface area contributed by atoms with Crippen LogP contribution >= 0.6 is 0 Å². The number of benzene rings is 2. The van der Waals surface area contributed by atoms with E-state index >= 15 is 0 Å². The van der Waals surface area contributed by atoms with E-state index in [0.29, 0.717) is 6.04 Å². The molecule has 2 heterocycles. The van der Waals surface area contributed by atoms with Crippen LogP contribution in [0.5, 0.6) is 0 Å². The molecule has 2 aromatic carbocycles. The Morgan fingerprint density at radius 1 is 1.00 bits per heavy atom. The van der Waals surface area contributed by atoms with E-state index in [9.17, 15) is 0 Å². The molecule has 0 saturated carbocycles. The summed E-state index contributed by atoms with van der Waals surface area (Å²) in [4.78, 5) is 2.66. The summed E-state index contributed by atoms with van der Waals surface area (Å²) in [7, 11) is -0.964. The Labute approximate surface area is 153 Å². The molecule has 0 aliphatic carbocycles. The highest BCUT2D eigenvalue weighted by Gasteiger charge is 2.58. The molecule has 2 nitrogen and oxygen atoms in total. The minimum absolute atomic E-state index is 0.250. The molecule has 1 unspecified atom stereocenters. The van der Waals surface area contributed by atoms with Gasteiger partial charge in [-0.3, -0.25) is 0 Å². The van der Waals surface area contributed by atoms with E-state index in [0.717, 1.165) is 0 Å². The quantitative estimate of drug-likeness (QED) is 0.736. The van der Waals surface area contributed by atoms with Gasteiger partial charge in [0, 0.05) is 14.1 Å². The molecule has 2 fully saturated rings. The fourth-order valence-corrected chi connectivity index (χ4v) is 6.04. The fraction of sp³-hybridized carbons (Fsp3) is 0.429. The van der Waals surface area contributed by atoms with Crippen LogP contribution in [0.15, 0.2) is 60.7 Å². The molecule has 0 aromatic heterocycles. The summed E-state index contributed by atoms with van der Waals surface area (Å²) in [5.41, 5.74) is 2.27. The second kappa shape index (κ2) is 6.42. The van der Waals surface area contributed by atoms with Gasteiger partial charge in [-0.05, 0) is 36.5 Å². The van der Waals surface area contributed by atoms with Crippen molar-refractivity contribution in [3.8, 4) is 0 Å². The van der Waals surface area contributed by atoms with Gasteiger partial charge in [-0.2, -0.15) is 0 Å². The first-order chi connectivity index (χ1) is 12.0. The van der Waals surface area contributed by atoms with E-state index in [1.807, 2.05) is 0 Å². The highest BCUT2D eigenvalue weighted by molar-refractivity contribution is 6.85. The van der Waals surface area contributed by atoms with Crippen molar-refractivity contribution in [3.05, 3.63) is 71.8 Å². The minimum atomic E-state index is -1.21. The van der Waals surface area contributed by atoms with E-state index < -0.39 is 8.07 Å². The zero-order valence-corrected chi connectivity index (χ0v) is 16.6. The van der Waals surface area contributed by atoms with E-state index in [1.54, 1.807) is 0 Å². The van der Waals surface area contributed by atoms with E-state index in [2.05, 4.69) is 85.1 Å². The van der Waals surface area contributed by atoms with E-state index in [-0.39, 0.29) is 12.7 Å². The number of rotatable bonds is 4. The molecule has 2 aliphatic heterocycles. The SMILES string of the molecule is C[Si](C)(C)CB1OC(c2ccccc2)(c2ccccc2)C2CCCN12. The molecule has 4 rings (SSSR count). The number of hydrogen-bond donors (Lipinski definition) is 0. The van der Waals surface area contributed by atoms with E-state index in [4.69, 9.17) is 4.65 Å². The second-order valence-corrected chi connectivity index (χ2v) is 14.2. The summed E-state index contributed by atoms with van der Waals surface area (Å²) in [6, 6.07) is 22.2. The predicted octanol–water partition coefficient (Wildman–Crippen LogP) is 4.79. The molecule has 1 atom stereocenters. The zero-order valence-electron chi connectivity index (χ0n) is 15.6. The van der Waals surface area contributed by atoms with Crippen LogP contribution in [0.4, 0.5) is 0 Å². The average molecular weight is 349 g/mol. The summed E-state index contributed by atoms with van der Waals surface area (Å²) in [6.45, 7) is 8.52. The molecule has 0 spiro atoms. The summed E-state index contributed by atoms with van der Waals surface area (Å²) in [5, 5.41) is 0. The molecule has 2 saturated heterocycles. The third-order valence-corrected chi connectivity index (χ3v) is 7.22. The van der Waals surface area contributed by atoms with Crippen molar-refractivity contribution >= 4 is 15.1 Å². The normalized spacial score (nSPS) is 23.0. The van der Waals surface area contributed by atoms with Crippen LogP contribution in [0.2, 0.25) is 25.6 Å². The average Bonchev–Trinajstić information content (AvgIpc) is 3.19. The standard InChI is InChI=1S/C21H28BNOSi/c1-25(2,3)17-22-23-16-10-15-20(23)21(24-22,18-11-6-4-7-12-18)19-13-8-5-9-14-19/h4-9,11-14,20H,10,15-17H2,1-3H3. The zero-order chi connectivity index (χ0) is 17.5. The van der Waals surface area contributed by atoms with Crippen LogP contribution in [-0.2, 0) is 10.3 Å². The summed E-state index contributed by atoms with van der Waals surface area (Å²) in [6.07, 6.45) is 2.49. The Morgan fingerprint density at radius 2 is 1.56 bits per heavy atom. The molecule has 25 heavy (non-hydrogen) atoms. The van der Waals surface area contributed by atoms with E-state index in [1.165, 1.54) is 36.5 Å². The Bertz CT molecular complexity index is 676. The maximum absolute atomic E-state index is 7.02. The third kappa shape index (κ3) is 3.01. The first-order valence-electron chi connectivity index (χ1n) is 9.55. The van der Waals surface area contributed by atoms with Crippen molar-refractivity contribution in [1.29, 1.82) is 0 Å². The molecule has 2 aromatic rings. The van der Waals surface area contributed by atoms with Gasteiger partial charge >= 0.3 is 7.05 Å². The van der Waals surface area contributed by atoms with Gasteiger partial charge in [-0.25, -0.2) is 0 Å². The third-order valence-electron chi connectivity index (χ3n) is 5.65. The lowest BCUT2D eigenvalue weighted by Gasteiger charge is -2.36. The van der Waals surface area contributed by atoms with Crippen LogP contribution in [0.3, 0.4) is 0 Å². The van der Waals surface area contributed by atoms with Crippen LogP contribution in [0.1, 0.15) is 24.0 Å². The minimum Gasteiger partial charge on any atom is -0.406 e. The lowest BCUT2D eigenvalue weighted by molar-refractivity contribution is 0.105. The summed E-state index contributed by atoms with van der Waals surface area (Å²) in [5.74, 6) is 1.20. The Hall–Kier alpha value is -1.36. The van der Waals surface area contributed by atoms with Gasteiger partial charge in [0.15, 0.2) is 0 Å². The van der Waals surface area contributed by atoms with Crippen LogP contribution in [0, 0.1) is 0 Å². The van der Waals surface area contributed by atoms with Crippen molar-refractivity contribution < 1.29 is 4.65 Å². The van der Waals surface area contributed by atoms with Gasteiger partial charge in [-0.1, -0.05) is 80.3 Å². The molecular weight excluding hydrogens is 321 g/mol. The first kappa shape index (κ1) is 17.1. The van der Waals surface area contributed by atoms with Crippen molar-refractivity contribution in [2.24, 2.45) is 0 Å².